The van der Waals surface area contributed by atoms with E-state index in [0.717, 1.165) is 46.4 Å². The number of benzene rings is 2. The van der Waals surface area contributed by atoms with Gasteiger partial charge in [0.15, 0.2) is 0 Å². The number of rotatable bonds is 7. The number of fused-ring (bicyclic) bond motifs is 1. The molecule has 1 atom stereocenters. The second kappa shape index (κ2) is 11.1. The number of aryl methyl sites for hydroxylation is 1. The number of halogens is 1. The van der Waals surface area contributed by atoms with E-state index in [0.29, 0.717) is 38.0 Å². The predicted octanol–water partition coefficient (Wildman–Crippen LogP) is 5.89. The molecule has 1 saturated carbocycles. The van der Waals surface area contributed by atoms with E-state index in [2.05, 4.69) is 9.80 Å². The molecule has 2 heterocycles. The van der Waals surface area contributed by atoms with Crippen molar-refractivity contribution in [1.29, 1.82) is 0 Å². The Bertz CT molecular complexity index is 1440. The highest BCUT2D eigenvalue weighted by Gasteiger charge is 2.45. The predicted molar refractivity (Wildman–Crippen MR) is 155 cm³/mol. The van der Waals surface area contributed by atoms with Crippen molar-refractivity contribution in [2.24, 2.45) is 0 Å². The fourth-order valence-electron chi connectivity index (χ4n) is 5.75. The topological polar surface area (TPSA) is 73.2 Å². The molecule has 1 saturated heterocycles. The van der Waals surface area contributed by atoms with Gasteiger partial charge in [0, 0.05) is 55.9 Å². The van der Waals surface area contributed by atoms with Crippen LogP contribution in [0.25, 0.3) is 10.9 Å². The molecule has 5 rings (SSSR count). The lowest BCUT2D eigenvalue weighted by Gasteiger charge is -2.42. The van der Waals surface area contributed by atoms with Gasteiger partial charge in [-0.1, -0.05) is 12.1 Å². The third-order valence-corrected chi connectivity index (χ3v) is 7.99. The third kappa shape index (κ3) is 6.26. The van der Waals surface area contributed by atoms with E-state index < -0.39 is 17.4 Å². The average Bonchev–Trinajstić information content (AvgIpc) is 3.47. The van der Waals surface area contributed by atoms with Crippen molar-refractivity contribution in [3.05, 3.63) is 64.8 Å². The molecule has 2 fully saturated rings. The normalized spacial score (nSPS) is 19.2. The summed E-state index contributed by atoms with van der Waals surface area (Å²) < 4.78 is 32.7. The molecular formula is C32H40FN3O5. The van der Waals surface area contributed by atoms with Gasteiger partial charge in [0.2, 0.25) is 0 Å². The number of hydrogen-bond acceptors (Lipinski definition) is 7. The first-order valence-corrected chi connectivity index (χ1v) is 14.2. The maximum atomic E-state index is 14.8. The van der Waals surface area contributed by atoms with Gasteiger partial charge in [-0.05, 0) is 75.9 Å². The summed E-state index contributed by atoms with van der Waals surface area (Å²) in [4.78, 5) is 29.7. The van der Waals surface area contributed by atoms with Crippen LogP contribution in [-0.2, 0) is 16.0 Å². The second-order valence-corrected chi connectivity index (χ2v) is 12.3. The van der Waals surface area contributed by atoms with Crippen LogP contribution in [0.1, 0.15) is 66.7 Å². The van der Waals surface area contributed by atoms with Crippen LogP contribution < -0.4 is 4.74 Å². The minimum absolute atomic E-state index is 0.0354. The Balaban J connectivity index is 1.50. The van der Waals surface area contributed by atoms with Gasteiger partial charge in [0.25, 0.3) is 0 Å². The van der Waals surface area contributed by atoms with Crippen molar-refractivity contribution in [3.63, 3.8) is 0 Å². The molecule has 3 aromatic rings. The first kappa shape index (κ1) is 29.1. The van der Waals surface area contributed by atoms with Crippen LogP contribution in [0.5, 0.6) is 5.75 Å². The highest BCUT2D eigenvalue weighted by Crippen LogP contribution is 2.42. The van der Waals surface area contributed by atoms with Crippen molar-refractivity contribution >= 4 is 23.0 Å². The van der Waals surface area contributed by atoms with Crippen molar-refractivity contribution in [1.82, 2.24) is 14.4 Å². The lowest BCUT2D eigenvalue weighted by atomic mass is 9.98. The first-order chi connectivity index (χ1) is 19.4. The van der Waals surface area contributed by atoms with Gasteiger partial charge in [0.1, 0.15) is 17.0 Å². The Morgan fingerprint density at radius 3 is 2.39 bits per heavy atom. The van der Waals surface area contributed by atoms with Gasteiger partial charge in [-0.2, -0.15) is 0 Å². The quantitative estimate of drug-likeness (QED) is 0.331. The fraction of sp³-hybridized carbons (Fsp3) is 0.500. The minimum Gasteiger partial charge on any atom is -0.496 e. The van der Waals surface area contributed by atoms with Crippen molar-refractivity contribution < 1.29 is 28.2 Å². The Morgan fingerprint density at radius 2 is 1.78 bits per heavy atom. The maximum Gasteiger partial charge on any atom is 0.419 e. The molecule has 2 aliphatic rings. The first-order valence-electron chi connectivity index (χ1n) is 14.2. The standard InChI is InChI=1S/C32H40FN3O5/c1-21-17-27(39-5)25(24-11-14-36(28(21)24)30(38)41-31(2,3)4)18-35-16-15-34(20-32(33)12-13-32)19-26(35)22-7-9-23(10-8-22)29(37)40-6/h7-11,14,17,26H,12-13,15-16,18-20H2,1-6H3. The number of aromatic nitrogens is 1. The summed E-state index contributed by atoms with van der Waals surface area (Å²) in [5.41, 5.74) is 2.52. The van der Waals surface area contributed by atoms with E-state index in [1.54, 1.807) is 30.0 Å². The molecule has 1 aliphatic heterocycles. The Hall–Kier alpha value is -3.43. The number of ether oxygens (including phenoxy) is 3. The molecule has 9 heteroatoms. The molecule has 0 radical (unpaired) electrons. The summed E-state index contributed by atoms with van der Waals surface area (Å²) in [7, 11) is 3.03. The molecule has 1 unspecified atom stereocenters. The van der Waals surface area contributed by atoms with Crippen molar-refractivity contribution in [2.75, 3.05) is 40.4 Å². The molecule has 1 aliphatic carbocycles. The van der Waals surface area contributed by atoms with Crippen LogP contribution >= 0.6 is 0 Å². The van der Waals surface area contributed by atoms with Crippen LogP contribution in [0.3, 0.4) is 0 Å². The summed E-state index contributed by atoms with van der Waals surface area (Å²) in [5, 5.41) is 0.926. The molecular weight excluding hydrogens is 525 g/mol. The summed E-state index contributed by atoms with van der Waals surface area (Å²) in [5.74, 6) is 0.368. The highest BCUT2D eigenvalue weighted by atomic mass is 19.1. The van der Waals surface area contributed by atoms with Crippen LogP contribution in [0.4, 0.5) is 9.18 Å². The monoisotopic (exact) mass is 565 g/mol. The highest BCUT2D eigenvalue weighted by molar-refractivity contribution is 5.95. The lowest BCUT2D eigenvalue weighted by molar-refractivity contribution is 0.0488. The summed E-state index contributed by atoms with van der Waals surface area (Å²) in [6, 6.07) is 11.3. The zero-order valence-electron chi connectivity index (χ0n) is 24.8. The second-order valence-electron chi connectivity index (χ2n) is 12.3. The lowest BCUT2D eigenvalue weighted by Crippen LogP contribution is -2.49. The van der Waals surface area contributed by atoms with Crippen LogP contribution in [0, 0.1) is 6.92 Å². The van der Waals surface area contributed by atoms with E-state index in [4.69, 9.17) is 14.2 Å². The van der Waals surface area contributed by atoms with Gasteiger partial charge in [0.05, 0.1) is 25.3 Å². The molecule has 0 N–H and O–H groups in total. The van der Waals surface area contributed by atoms with Gasteiger partial charge in [-0.3, -0.25) is 14.4 Å². The summed E-state index contributed by atoms with van der Waals surface area (Å²) >= 11 is 0. The maximum absolute atomic E-state index is 14.8. The number of piperazine rings is 1. The molecule has 2 aromatic carbocycles. The van der Waals surface area contributed by atoms with E-state index in [1.165, 1.54) is 7.11 Å². The zero-order valence-corrected chi connectivity index (χ0v) is 24.8. The fourth-order valence-corrected chi connectivity index (χ4v) is 5.75. The third-order valence-electron chi connectivity index (χ3n) is 7.99. The smallest absolute Gasteiger partial charge is 0.419 e. The number of carbonyl (C=O) groups excluding carboxylic acids is 2. The molecule has 220 valence electrons. The summed E-state index contributed by atoms with van der Waals surface area (Å²) in [6.45, 7) is 10.7. The SMILES string of the molecule is COC(=O)c1ccc(C2CN(CC3(F)CC3)CCN2Cc2c(OC)cc(C)c3c2ccn3C(=O)OC(C)(C)C)cc1. The van der Waals surface area contributed by atoms with E-state index in [9.17, 15) is 14.0 Å². The van der Waals surface area contributed by atoms with Crippen LogP contribution in [0.15, 0.2) is 42.6 Å². The van der Waals surface area contributed by atoms with Crippen molar-refractivity contribution in [2.45, 2.75) is 64.4 Å². The minimum atomic E-state index is -1.07. The molecule has 41 heavy (non-hydrogen) atoms. The van der Waals surface area contributed by atoms with E-state index >= 15 is 0 Å². The number of carbonyl (C=O) groups is 2. The van der Waals surface area contributed by atoms with Gasteiger partial charge >= 0.3 is 12.1 Å². The molecule has 0 bridgehead atoms. The number of nitrogens with zero attached hydrogens (tertiary/aromatic N) is 3. The number of hydrogen-bond donors (Lipinski definition) is 0. The molecule has 1 aromatic heterocycles. The van der Waals surface area contributed by atoms with Gasteiger partial charge < -0.3 is 14.2 Å². The average molecular weight is 566 g/mol. The Kier molecular flexibility index (Phi) is 7.87. The largest absolute Gasteiger partial charge is 0.496 e. The van der Waals surface area contributed by atoms with E-state index in [-0.39, 0.29) is 12.0 Å². The van der Waals surface area contributed by atoms with Gasteiger partial charge in [-0.25, -0.2) is 14.0 Å². The number of esters is 1. The number of alkyl halides is 1. The molecule has 8 nitrogen and oxygen atoms in total. The van der Waals surface area contributed by atoms with E-state index in [1.807, 2.05) is 52.0 Å². The number of methoxy groups -OCH3 is 2. The molecule has 0 amide bonds. The summed E-state index contributed by atoms with van der Waals surface area (Å²) in [6.07, 6.45) is 2.58. The van der Waals surface area contributed by atoms with Gasteiger partial charge in [-0.15, -0.1) is 0 Å². The molecule has 0 spiro atoms. The van der Waals surface area contributed by atoms with Crippen LogP contribution in [0.2, 0.25) is 0 Å². The van der Waals surface area contributed by atoms with Crippen molar-refractivity contribution in [3.8, 4) is 5.75 Å². The Labute approximate surface area is 240 Å². The zero-order chi connectivity index (χ0) is 29.5. The van der Waals surface area contributed by atoms with Crippen LogP contribution in [-0.4, -0.2) is 78.1 Å². The Morgan fingerprint density at radius 1 is 1.07 bits per heavy atom.